The van der Waals surface area contributed by atoms with E-state index in [2.05, 4.69) is 15.3 Å². The van der Waals surface area contributed by atoms with E-state index in [1.807, 2.05) is 0 Å². The summed E-state index contributed by atoms with van der Waals surface area (Å²) in [5.41, 5.74) is -0.154. The summed E-state index contributed by atoms with van der Waals surface area (Å²) in [6.07, 6.45) is 1.32. The van der Waals surface area contributed by atoms with Gasteiger partial charge in [0.05, 0.1) is 11.3 Å². The molecule has 0 unspecified atom stereocenters. The molecule has 0 bridgehead atoms. The van der Waals surface area contributed by atoms with Crippen LogP contribution < -0.4 is 10.9 Å². The van der Waals surface area contributed by atoms with Gasteiger partial charge in [-0.05, 0) is 6.92 Å². The van der Waals surface area contributed by atoms with Crippen molar-refractivity contribution in [3.63, 3.8) is 0 Å². The van der Waals surface area contributed by atoms with Gasteiger partial charge in [-0.1, -0.05) is 11.8 Å². The van der Waals surface area contributed by atoms with Crippen molar-refractivity contribution in [3.8, 4) is 0 Å². The second-order valence-corrected chi connectivity index (χ2v) is 5.39. The van der Waals surface area contributed by atoms with Gasteiger partial charge < -0.3 is 14.3 Å². The third kappa shape index (κ3) is 2.25. The Kier molecular flexibility index (Phi) is 3.13. The quantitative estimate of drug-likeness (QED) is 0.806. The number of furan rings is 1. The lowest BCUT2D eigenvalue weighted by molar-refractivity contribution is -0.115. The molecule has 2 aromatic heterocycles. The van der Waals surface area contributed by atoms with Crippen LogP contribution in [0.15, 0.2) is 20.5 Å². The molecule has 0 atom stereocenters. The van der Waals surface area contributed by atoms with Gasteiger partial charge in [0.2, 0.25) is 5.71 Å². The highest BCUT2D eigenvalue weighted by Gasteiger charge is 2.25. The zero-order chi connectivity index (χ0) is 15.1. The van der Waals surface area contributed by atoms with Crippen LogP contribution in [0.1, 0.15) is 16.1 Å². The van der Waals surface area contributed by atoms with Crippen molar-refractivity contribution in [2.75, 3.05) is 5.75 Å². The standard InChI is InChI=1S/C12H10N4O4S/c1-5-7(9(18)15-12-14-6(17)3-21-12)8-10(20-5)13-4-16(2)11(8)19/h4H,3H2,1-2H3,(H,14,15,17,18). The Labute approximate surface area is 122 Å². The van der Waals surface area contributed by atoms with Gasteiger partial charge in [0.25, 0.3) is 17.4 Å². The average molecular weight is 306 g/mol. The third-order valence-corrected chi connectivity index (χ3v) is 3.81. The maximum absolute atomic E-state index is 12.3. The fourth-order valence-electron chi connectivity index (χ4n) is 1.99. The Balaban J connectivity index is 2.07. The van der Waals surface area contributed by atoms with Crippen molar-refractivity contribution in [2.24, 2.45) is 12.0 Å². The van der Waals surface area contributed by atoms with Gasteiger partial charge in [0.1, 0.15) is 17.5 Å². The molecule has 0 saturated heterocycles. The SMILES string of the molecule is Cc1oc2ncn(C)c(=O)c2c1C(=O)NC1=NC(=O)CS1. The Morgan fingerprint density at radius 2 is 2.24 bits per heavy atom. The zero-order valence-electron chi connectivity index (χ0n) is 11.2. The van der Waals surface area contributed by atoms with Crippen LogP contribution in [0.5, 0.6) is 0 Å². The highest BCUT2D eigenvalue weighted by Crippen LogP contribution is 2.21. The fourth-order valence-corrected chi connectivity index (χ4v) is 2.65. The van der Waals surface area contributed by atoms with Crippen molar-refractivity contribution in [3.05, 3.63) is 28.0 Å². The predicted molar refractivity (Wildman–Crippen MR) is 76.4 cm³/mol. The minimum absolute atomic E-state index is 0.109. The summed E-state index contributed by atoms with van der Waals surface area (Å²) in [5.74, 6) is -0.364. The first kappa shape index (κ1) is 13.6. The number of amides is 2. The minimum atomic E-state index is -0.544. The Morgan fingerprint density at radius 1 is 1.48 bits per heavy atom. The monoisotopic (exact) mass is 306 g/mol. The number of hydrogen-bond acceptors (Lipinski definition) is 6. The molecule has 3 rings (SSSR count). The third-order valence-electron chi connectivity index (χ3n) is 2.95. The summed E-state index contributed by atoms with van der Waals surface area (Å²) >= 11 is 1.13. The van der Waals surface area contributed by atoms with E-state index < -0.39 is 5.91 Å². The molecule has 1 aliphatic rings. The lowest BCUT2D eigenvalue weighted by Gasteiger charge is -2.02. The van der Waals surface area contributed by atoms with E-state index in [1.54, 1.807) is 6.92 Å². The molecule has 21 heavy (non-hydrogen) atoms. The van der Waals surface area contributed by atoms with Crippen LogP contribution in [0.4, 0.5) is 0 Å². The molecule has 0 aliphatic carbocycles. The van der Waals surface area contributed by atoms with Crippen LogP contribution >= 0.6 is 11.8 Å². The molecule has 3 heterocycles. The minimum Gasteiger partial charge on any atom is -0.442 e. The number of amidine groups is 1. The van der Waals surface area contributed by atoms with Gasteiger partial charge in [-0.2, -0.15) is 4.99 Å². The second kappa shape index (κ2) is 4.85. The Hall–Kier alpha value is -2.42. The van der Waals surface area contributed by atoms with Crippen molar-refractivity contribution in [1.29, 1.82) is 0 Å². The molecule has 2 aromatic rings. The molecule has 1 N–H and O–H groups in total. The van der Waals surface area contributed by atoms with Gasteiger partial charge in [0, 0.05) is 7.05 Å². The van der Waals surface area contributed by atoms with E-state index in [9.17, 15) is 14.4 Å². The van der Waals surface area contributed by atoms with Gasteiger partial charge >= 0.3 is 0 Å². The topological polar surface area (TPSA) is 107 Å². The number of rotatable bonds is 1. The molecule has 0 saturated carbocycles. The van der Waals surface area contributed by atoms with Crippen LogP contribution in [-0.2, 0) is 11.8 Å². The normalized spacial score (nSPS) is 14.6. The summed E-state index contributed by atoms with van der Waals surface area (Å²) in [4.78, 5) is 43.2. The largest absolute Gasteiger partial charge is 0.442 e. The molecule has 2 amide bonds. The molecule has 0 fully saturated rings. The number of aryl methyl sites for hydroxylation is 2. The number of fused-ring (bicyclic) bond motifs is 1. The van der Waals surface area contributed by atoms with Crippen LogP contribution in [0.3, 0.4) is 0 Å². The Bertz CT molecular complexity index is 864. The highest BCUT2D eigenvalue weighted by molar-refractivity contribution is 8.14. The molecular formula is C12H10N4O4S. The smallest absolute Gasteiger partial charge is 0.265 e. The van der Waals surface area contributed by atoms with Crippen molar-refractivity contribution >= 4 is 39.8 Å². The highest BCUT2D eigenvalue weighted by atomic mass is 32.2. The number of carbonyl (C=O) groups is 2. The fraction of sp³-hybridized carbons (Fsp3) is 0.250. The number of hydrogen-bond donors (Lipinski definition) is 1. The Morgan fingerprint density at radius 3 is 2.90 bits per heavy atom. The first-order valence-corrected chi connectivity index (χ1v) is 6.96. The van der Waals surface area contributed by atoms with Gasteiger partial charge in [-0.15, -0.1) is 0 Å². The van der Waals surface area contributed by atoms with E-state index in [1.165, 1.54) is 17.9 Å². The van der Waals surface area contributed by atoms with Crippen LogP contribution in [0.2, 0.25) is 0 Å². The number of carbonyl (C=O) groups excluding carboxylic acids is 2. The van der Waals surface area contributed by atoms with E-state index in [0.717, 1.165) is 11.8 Å². The zero-order valence-corrected chi connectivity index (χ0v) is 12.0. The van der Waals surface area contributed by atoms with Gasteiger partial charge in [0.15, 0.2) is 5.17 Å². The summed E-state index contributed by atoms with van der Waals surface area (Å²) in [7, 11) is 1.54. The van der Waals surface area contributed by atoms with E-state index in [-0.39, 0.29) is 44.8 Å². The summed E-state index contributed by atoms with van der Waals surface area (Å²) in [5, 5.41) is 2.85. The molecular weight excluding hydrogens is 296 g/mol. The summed E-state index contributed by atoms with van der Waals surface area (Å²) in [6.45, 7) is 1.57. The molecule has 0 spiro atoms. The average Bonchev–Trinajstić information content (AvgIpc) is 2.97. The number of thioether (sulfide) groups is 1. The first-order chi connectivity index (χ1) is 9.97. The van der Waals surface area contributed by atoms with Gasteiger partial charge in [-0.25, -0.2) is 4.98 Å². The van der Waals surface area contributed by atoms with E-state index in [4.69, 9.17) is 4.42 Å². The lowest BCUT2D eigenvalue weighted by atomic mass is 10.2. The molecule has 0 aromatic carbocycles. The molecule has 1 aliphatic heterocycles. The van der Waals surface area contributed by atoms with Crippen molar-refractivity contribution in [2.45, 2.75) is 6.92 Å². The number of nitrogens with zero attached hydrogens (tertiary/aromatic N) is 3. The van der Waals surface area contributed by atoms with Crippen LogP contribution in [0, 0.1) is 6.92 Å². The van der Waals surface area contributed by atoms with E-state index >= 15 is 0 Å². The lowest BCUT2D eigenvalue weighted by Crippen LogP contribution is -2.29. The second-order valence-electron chi connectivity index (χ2n) is 4.43. The summed E-state index contributed by atoms with van der Waals surface area (Å²) < 4.78 is 6.61. The summed E-state index contributed by atoms with van der Waals surface area (Å²) in [6, 6.07) is 0. The van der Waals surface area contributed by atoms with Crippen LogP contribution in [-0.4, -0.2) is 32.3 Å². The molecule has 0 radical (unpaired) electrons. The number of aliphatic imine (C=N–C) groups is 1. The van der Waals surface area contributed by atoms with Crippen molar-refractivity contribution < 1.29 is 14.0 Å². The van der Waals surface area contributed by atoms with Crippen LogP contribution in [0.25, 0.3) is 11.1 Å². The van der Waals surface area contributed by atoms with E-state index in [0.29, 0.717) is 0 Å². The first-order valence-electron chi connectivity index (χ1n) is 5.98. The molecule has 8 nitrogen and oxygen atoms in total. The van der Waals surface area contributed by atoms with Crippen molar-refractivity contribution in [1.82, 2.24) is 14.9 Å². The molecule has 9 heteroatoms. The number of nitrogens with one attached hydrogen (secondary N) is 1. The maximum Gasteiger partial charge on any atom is 0.265 e. The maximum atomic E-state index is 12.3. The number of aromatic nitrogens is 2. The predicted octanol–water partition coefficient (Wildman–Crippen LogP) is 0.194. The van der Waals surface area contributed by atoms with Gasteiger partial charge in [-0.3, -0.25) is 14.4 Å². The molecule has 108 valence electrons.